The third-order valence-electron chi connectivity index (χ3n) is 7.86. The molecular formula is C26H30Cl2N2O2. The van der Waals surface area contributed by atoms with Crippen LogP contribution in [0.4, 0.5) is 0 Å². The molecule has 2 aliphatic heterocycles. The van der Waals surface area contributed by atoms with Crippen LogP contribution in [0, 0.1) is 0 Å². The van der Waals surface area contributed by atoms with Gasteiger partial charge in [-0.1, -0.05) is 53.5 Å². The second-order valence-corrected chi connectivity index (χ2v) is 10.3. The molecule has 2 fully saturated rings. The number of fused-ring (bicyclic) bond motifs is 2. The van der Waals surface area contributed by atoms with Gasteiger partial charge in [-0.2, -0.15) is 0 Å². The lowest BCUT2D eigenvalue weighted by molar-refractivity contribution is -0.146. The van der Waals surface area contributed by atoms with Crippen molar-refractivity contribution in [2.45, 2.75) is 49.6 Å². The van der Waals surface area contributed by atoms with Crippen molar-refractivity contribution in [3.8, 4) is 0 Å². The first kappa shape index (κ1) is 22.2. The number of hydrogen-bond donors (Lipinski definition) is 0. The molecule has 2 saturated heterocycles. The highest BCUT2D eigenvalue weighted by Crippen LogP contribution is 2.57. The fraction of sp³-hybridized carbons (Fsp3) is 0.500. The summed E-state index contributed by atoms with van der Waals surface area (Å²) in [6, 6.07) is 14.3. The Balaban J connectivity index is 1.55. The summed E-state index contributed by atoms with van der Waals surface area (Å²) in [6.45, 7) is 3.60. The van der Waals surface area contributed by atoms with Gasteiger partial charge in [0.25, 0.3) is 0 Å². The number of benzene rings is 2. The normalized spacial score (nSPS) is 24.6. The maximum absolute atomic E-state index is 13.7. The van der Waals surface area contributed by atoms with Crippen LogP contribution >= 0.6 is 23.2 Å². The number of likely N-dealkylation sites (tertiary alicyclic amines) is 1. The lowest BCUT2D eigenvalue weighted by Crippen LogP contribution is -2.58. The number of amides is 1. The molecule has 3 aliphatic rings. The molecule has 5 rings (SSSR count). The molecule has 0 N–H and O–H groups in total. The Morgan fingerprint density at radius 1 is 1.03 bits per heavy atom. The summed E-state index contributed by atoms with van der Waals surface area (Å²) in [6.07, 6.45) is 5.61. The van der Waals surface area contributed by atoms with E-state index in [1.165, 1.54) is 24.0 Å². The molecule has 6 heteroatoms. The molecular weight excluding hydrogens is 443 g/mol. The summed E-state index contributed by atoms with van der Waals surface area (Å²) in [4.78, 5) is 18.3. The van der Waals surface area contributed by atoms with E-state index in [1.807, 2.05) is 18.0 Å². The van der Waals surface area contributed by atoms with Crippen LogP contribution in [0.2, 0.25) is 10.0 Å². The van der Waals surface area contributed by atoms with Crippen molar-refractivity contribution in [3.63, 3.8) is 0 Å². The average molecular weight is 473 g/mol. The molecule has 4 nitrogen and oxygen atoms in total. The predicted molar refractivity (Wildman–Crippen MR) is 128 cm³/mol. The zero-order valence-corrected chi connectivity index (χ0v) is 20.1. The number of hydrogen-bond acceptors (Lipinski definition) is 3. The van der Waals surface area contributed by atoms with Crippen LogP contribution in [-0.4, -0.2) is 49.1 Å². The van der Waals surface area contributed by atoms with Crippen LogP contribution in [0.1, 0.15) is 48.8 Å². The van der Waals surface area contributed by atoms with Crippen LogP contribution in [0.5, 0.6) is 0 Å². The number of carbonyl (C=O) groups excluding carboxylic acids is 1. The molecule has 1 spiro atoms. The number of ether oxygens (including phenoxy) is 1. The molecule has 2 aromatic rings. The van der Waals surface area contributed by atoms with Gasteiger partial charge in [-0.3, -0.25) is 9.69 Å². The number of likely N-dealkylation sites (N-methyl/N-ethyl adjacent to an activating group) is 1. The Kier molecular flexibility index (Phi) is 6.00. The minimum absolute atomic E-state index is 0.0650. The number of nitrogens with zero attached hydrogens (tertiary/aromatic N) is 2. The van der Waals surface area contributed by atoms with Gasteiger partial charge in [0, 0.05) is 38.8 Å². The van der Waals surface area contributed by atoms with Crippen molar-refractivity contribution in [1.29, 1.82) is 0 Å². The van der Waals surface area contributed by atoms with Crippen molar-refractivity contribution in [3.05, 3.63) is 69.2 Å². The summed E-state index contributed by atoms with van der Waals surface area (Å²) >= 11 is 12.3. The molecule has 0 aromatic heterocycles. The number of rotatable bonds is 4. The van der Waals surface area contributed by atoms with E-state index in [1.54, 1.807) is 12.1 Å². The highest BCUT2D eigenvalue weighted by Gasteiger charge is 2.58. The van der Waals surface area contributed by atoms with E-state index in [2.05, 4.69) is 29.2 Å². The maximum Gasteiger partial charge on any atom is 0.228 e. The van der Waals surface area contributed by atoms with Gasteiger partial charge in [0.05, 0.1) is 16.5 Å². The zero-order chi connectivity index (χ0) is 22.3. The highest BCUT2D eigenvalue weighted by atomic mass is 35.5. The largest absolute Gasteiger partial charge is 0.381 e. The molecule has 0 radical (unpaired) electrons. The highest BCUT2D eigenvalue weighted by molar-refractivity contribution is 6.42. The Morgan fingerprint density at radius 3 is 2.41 bits per heavy atom. The van der Waals surface area contributed by atoms with E-state index in [9.17, 15) is 4.79 Å². The predicted octanol–water partition coefficient (Wildman–Crippen LogP) is 5.40. The fourth-order valence-corrected chi connectivity index (χ4v) is 6.52. The molecule has 2 aromatic carbocycles. The molecule has 0 saturated carbocycles. The lowest BCUT2D eigenvalue weighted by Gasteiger charge is -2.48. The Hall–Kier alpha value is -1.59. The minimum atomic E-state index is -0.419. The third kappa shape index (κ3) is 3.56. The minimum Gasteiger partial charge on any atom is -0.381 e. The van der Waals surface area contributed by atoms with E-state index < -0.39 is 5.66 Å². The summed E-state index contributed by atoms with van der Waals surface area (Å²) in [5.41, 5.74) is 3.24. The monoisotopic (exact) mass is 472 g/mol. The van der Waals surface area contributed by atoms with Gasteiger partial charge in [0.2, 0.25) is 5.91 Å². The first-order chi connectivity index (χ1) is 15.5. The van der Waals surface area contributed by atoms with Gasteiger partial charge < -0.3 is 9.64 Å². The number of carbonyl (C=O) groups is 1. The second kappa shape index (κ2) is 8.64. The third-order valence-corrected chi connectivity index (χ3v) is 8.60. The fourth-order valence-electron chi connectivity index (χ4n) is 6.19. The maximum atomic E-state index is 13.7. The van der Waals surface area contributed by atoms with Crippen molar-refractivity contribution < 1.29 is 9.53 Å². The van der Waals surface area contributed by atoms with E-state index in [-0.39, 0.29) is 11.3 Å². The Labute approximate surface area is 200 Å². The van der Waals surface area contributed by atoms with Crippen LogP contribution < -0.4 is 0 Å². The van der Waals surface area contributed by atoms with E-state index >= 15 is 0 Å². The van der Waals surface area contributed by atoms with E-state index in [0.29, 0.717) is 16.5 Å². The van der Waals surface area contributed by atoms with Crippen molar-refractivity contribution in [1.82, 2.24) is 9.80 Å². The van der Waals surface area contributed by atoms with Crippen LogP contribution in [0.15, 0.2) is 42.5 Å². The molecule has 0 unspecified atom stereocenters. The Morgan fingerprint density at radius 2 is 1.72 bits per heavy atom. The standard InChI is InChI=1S/C26H30Cl2N2O2/c1-29(24(31)17-19-8-9-22(27)23(28)16-19)26(30-12-4-5-13-30)18-25(10-14-32-15-11-25)20-6-2-3-7-21(20)26/h2-3,6-9,16H,4-5,10-15,17-18H2,1H3/t26-/m1/s1. The quantitative estimate of drug-likeness (QED) is 0.597. The zero-order valence-electron chi connectivity index (χ0n) is 18.6. The van der Waals surface area contributed by atoms with E-state index in [4.69, 9.17) is 27.9 Å². The SMILES string of the molecule is CN(C(=O)Cc1ccc(Cl)c(Cl)c1)[C@@]1(N2CCCC2)CC2(CCOCC2)c2ccccc21. The molecule has 1 atom stereocenters. The van der Waals surface area contributed by atoms with Gasteiger partial charge in [0.1, 0.15) is 5.66 Å². The topological polar surface area (TPSA) is 32.8 Å². The van der Waals surface area contributed by atoms with Gasteiger partial charge in [-0.15, -0.1) is 0 Å². The molecule has 2 heterocycles. The van der Waals surface area contributed by atoms with Crippen LogP contribution in [-0.2, 0) is 27.0 Å². The summed E-state index contributed by atoms with van der Waals surface area (Å²) in [7, 11) is 1.99. The molecule has 1 amide bonds. The van der Waals surface area contributed by atoms with Crippen LogP contribution in [0.25, 0.3) is 0 Å². The first-order valence-corrected chi connectivity index (χ1v) is 12.4. The molecule has 170 valence electrons. The van der Waals surface area contributed by atoms with Gasteiger partial charge in [0.15, 0.2) is 0 Å². The van der Waals surface area contributed by atoms with Crippen molar-refractivity contribution in [2.24, 2.45) is 0 Å². The van der Waals surface area contributed by atoms with Crippen LogP contribution in [0.3, 0.4) is 0 Å². The summed E-state index contributed by atoms with van der Waals surface area (Å²) in [5, 5.41) is 0.997. The molecule has 32 heavy (non-hydrogen) atoms. The first-order valence-electron chi connectivity index (χ1n) is 11.6. The van der Waals surface area contributed by atoms with Crippen molar-refractivity contribution in [2.75, 3.05) is 33.4 Å². The van der Waals surface area contributed by atoms with E-state index in [0.717, 1.165) is 51.1 Å². The second-order valence-electron chi connectivity index (χ2n) is 9.50. The summed E-state index contributed by atoms with van der Waals surface area (Å²) < 4.78 is 5.76. The van der Waals surface area contributed by atoms with Gasteiger partial charge in [-0.05, 0) is 60.9 Å². The van der Waals surface area contributed by atoms with Gasteiger partial charge >= 0.3 is 0 Å². The lowest BCUT2D eigenvalue weighted by atomic mass is 9.74. The smallest absolute Gasteiger partial charge is 0.228 e. The van der Waals surface area contributed by atoms with Gasteiger partial charge in [-0.25, -0.2) is 0 Å². The molecule has 0 bridgehead atoms. The molecule has 1 aliphatic carbocycles. The van der Waals surface area contributed by atoms with Crippen molar-refractivity contribution >= 4 is 29.1 Å². The Bertz CT molecular complexity index is 1010. The number of halogens is 2. The summed E-state index contributed by atoms with van der Waals surface area (Å²) in [5.74, 6) is 0.106. The average Bonchev–Trinajstić information content (AvgIpc) is 3.43.